The summed E-state index contributed by atoms with van der Waals surface area (Å²) >= 11 is 14.1. The Morgan fingerprint density at radius 1 is 1.44 bits per heavy atom. The molecule has 1 aromatic carbocycles. The first-order chi connectivity index (χ1) is 7.66. The lowest BCUT2D eigenvalue weighted by atomic mass is 10.0. The van der Waals surface area contributed by atoms with E-state index in [1.165, 1.54) is 18.6 Å². The zero-order valence-electron chi connectivity index (χ0n) is 8.96. The molecule has 0 spiro atoms. The molecule has 1 aliphatic heterocycles. The Hall–Kier alpha value is 0.110. The first-order valence-corrected chi connectivity index (χ1v) is 7.28. The summed E-state index contributed by atoms with van der Waals surface area (Å²) in [7, 11) is 0. The average molecular weight is 276 g/mol. The summed E-state index contributed by atoms with van der Waals surface area (Å²) in [6.07, 6.45) is 3.33. The lowest BCUT2D eigenvalue weighted by Crippen LogP contribution is -2.33. The Balaban J connectivity index is 2.04. The molecule has 4 heteroatoms. The van der Waals surface area contributed by atoms with Gasteiger partial charge >= 0.3 is 0 Å². The van der Waals surface area contributed by atoms with Gasteiger partial charge in [-0.2, -0.15) is 11.8 Å². The topological polar surface area (TPSA) is 26.0 Å². The molecule has 16 heavy (non-hydrogen) atoms. The predicted octanol–water partition coefficient (Wildman–Crippen LogP) is 3.76. The van der Waals surface area contributed by atoms with Crippen LogP contribution in [0.2, 0.25) is 10.0 Å². The van der Waals surface area contributed by atoms with Crippen LogP contribution in [-0.4, -0.2) is 17.0 Å². The Morgan fingerprint density at radius 2 is 2.25 bits per heavy atom. The van der Waals surface area contributed by atoms with E-state index in [0.717, 1.165) is 22.0 Å². The molecule has 88 valence electrons. The molecule has 2 atom stereocenters. The molecule has 0 aromatic heterocycles. The first kappa shape index (κ1) is 12.6. The molecule has 1 fully saturated rings. The van der Waals surface area contributed by atoms with E-state index in [4.69, 9.17) is 28.9 Å². The predicted molar refractivity (Wildman–Crippen MR) is 73.6 cm³/mol. The van der Waals surface area contributed by atoms with Crippen LogP contribution in [-0.2, 0) is 6.42 Å². The van der Waals surface area contributed by atoms with E-state index in [2.05, 4.69) is 0 Å². The molecule has 0 saturated carbocycles. The Labute approximate surface area is 111 Å². The molecule has 0 bridgehead atoms. The van der Waals surface area contributed by atoms with Crippen molar-refractivity contribution in [3.63, 3.8) is 0 Å². The maximum absolute atomic E-state index is 6.21. The highest BCUT2D eigenvalue weighted by molar-refractivity contribution is 8.00. The largest absolute Gasteiger partial charge is 0.326 e. The fourth-order valence-corrected chi connectivity index (χ4v) is 3.73. The summed E-state index contributed by atoms with van der Waals surface area (Å²) < 4.78 is 0. The van der Waals surface area contributed by atoms with Gasteiger partial charge in [-0.25, -0.2) is 0 Å². The third-order valence-corrected chi connectivity index (χ3v) is 5.05. The summed E-state index contributed by atoms with van der Waals surface area (Å²) in [5.74, 6) is 1.24. The van der Waals surface area contributed by atoms with Gasteiger partial charge in [0, 0.05) is 21.3 Å². The summed E-state index contributed by atoms with van der Waals surface area (Å²) in [4.78, 5) is 0. The van der Waals surface area contributed by atoms with E-state index in [-0.39, 0.29) is 6.04 Å². The minimum absolute atomic E-state index is 0.184. The van der Waals surface area contributed by atoms with Gasteiger partial charge in [-0.3, -0.25) is 0 Å². The van der Waals surface area contributed by atoms with Gasteiger partial charge in [-0.15, -0.1) is 0 Å². The highest BCUT2D eigenvalue weighted by Gasteiger charge is 2.23. The van der Waals surface area contributed by atoms with Crippen LogP contribution in [0.3, 0.4) is 0 Å². The molecule has 0 radical (unpaired) electrons. The van der Waals surface area contributed by atoms with Crippen LogP contribution >= 0.6 is 35.0 Å². The summed E-state index contributed by atoms with van der Waals surface area (Å²) in [6.45, 7) is 0. The smallest absolute Gasteiger partial charge is 0.0439 e. The van der Waals surface area contributed by atoms with E-state index in [1.54, 1.807) is 0 Å². The van der Waals surface area contributed by atoms with Crippen LogP contribution in [0.25, 0.3) is 0 Å². The molecule has 2 N–H and O–H groups in total. The summed E-state index contributed by atoms with van der Waals surface area (Å²) in [5, 5.41) is 2.07. The molecule has 2 rings (SSSR count). The van der Waals surface area contributed by atoms with Gasteiger partial charge in [0.15, 0.2) is 0 Å². The highest BCUT2D eigenvalue weighted by Crippen LogP contribution is 2.30. The molecule has 1 aromatic rings. The van der Waals surface area contributed by atoms with Gasteiger partial charge < -0.3 is 5.73 Å². The number of nitrogens with two attached hydrogens (primary N) is 1. The van der Waals surface area contributed by atoms with Crippen molar-refractivity contribution in [2.75, 3.05) is 5.75 Å². The van der Waals surface area contributed by atoms with E-state index in [0.29, 0.717) is 5.25 Å². The monoisotopic (exact) mass is 275 g/mol. The van der Waals surface area contributed by atoms with Crippen LogP contribution in [0.1, 0.15) is 18.4 Å². The normalized spacial score (nSPS) is 22.3. The van der Waals surface area contributed by atoms with Gasteiger partial charge in [0.25, 0.3) is 0 Å². The van der Waals surface area contributed by atoms with Crippen molar-refractivity contribution >= 4 is 35.0 Å². The Morgan fingerprint density at radius 3 is 2.94 bits per heavy atom. The van der Waals surface area contributed by atoms with Gasteiger partial charge in [-0.05, 0) is 48.8 Å². The van der Waals surface area contributed by atoms with Crippen LogP contribution in [0, 0.1) is 0 Å². The van der Waals surface area contributed by atoms with Crippen LogP contribution in [0.15, 0.2) is 18.2 Å². The van der Waals surface area contributed by atoms with Gasteiger partial charge in [-0.1, -0.05) is 23.2 Å². The van der Waals surface area contributed by atoms with Crippen LogP contribution in [0.5, 0.6) is 0 Å². The highest BCUT2D eigenvalue weighted by atomic mass is 35.5. The zero-order valence-corrected chi connectivity index (χ0v) is 11.3. The molecule has 1 heterocycles. The summed E-state index contributed by atoms with van der Waals surface area (Å²) in [6, 6.07) is 5.75. The standard InChI is InChI=1S/C12H15Cl2NS/c13-9-3-4-10(14)8(6-9)7-11(15)12-2-1-5-16-12/h3-4,6,11-12H,1-2,5,7,15H2. The molecule has 1 aliphatic rings. The minimum Gasteiger partial charge on any atom is -0.326 e. The molecule has 1 saturated heterocycles. The second-order valence-electron chi connectivity index (χ2n) is 4.16. The third kappa shape index (κ3) is 3.07. The van der Waals surface area contributed by atoms with E-state index >= 15 is 0 Å². The average Bonchev–Trinajstić information content (AvgIpc) is 2.76. The van der Waals surface area contributed by atoms with E-state index in [1.807, 2.05) is 30.0 Å². The van der Waals surface area contributed by atoms with E-state index < -0.39 is 0 Å². The second kappa shape index (κ2) is 5.63. The maximum Gasteiger partial charge on any atom is 0.0439 e. The fourth-order valence-electron chi connectivity index (χ4n) is 2.03. The van der Waals surface area contributed by atoms with Crippen molar-refractivity contribution in [1.29, 1.82) is 0 Å². The molecular weight excluding hydrogens is 261 g/mol. The Bertz CT molecular complexity index is 364. The van der Waals surface area contributed by atoms with Gasteiger partial charge in [0.05, 0.1) is 0 Å². The number of hydrogen-bond donors (Lipinski definition) is 1. The molecular formula is C12H15Cl2NS. The SMILES string of the molecule is NC(Cc1cc(Cl)ccc1Cl)C1CCCS1. The molecule has 1 nitrogen and oxygen atoms in total. The number of halogens is 2. The molecule has 0 aliphatic carbocycles. The van der Waals surface area contributed by atoms with Crippen LogP contribution in [0.4, 0.5) is 0 Å². The van der Waals surface area contributed by atoms with Crippen molar-refractivity contribution in [3.05, 3.63) is 33.8 Å². The van der Waals surface area contributed by atoms with Gasteiger partial charge in [0.2, 0.25) is 0 Å². The summed E-state index contributed by atoms with van der Waals surface area (Å²) in [5.41, 5.74) is 7.27. The maximum atomic E-state index is 6.21. The lowest BCUT2D eigenvalue weighted by Gasteiger charge is -2.18. The first-order valence-electron chi connectivity index (χ1n) is 5.48. The lowest BCUT2D eigenvalue weighted by molar-refractivity contribution is 0.609. The van der Waals surface area contributed by atoms with Gasteiger partial charge in [0.1, 0.15) is 0 Å². The van der Waals surface area contributed by atoms with Crippen LogP contribution < -0.4 is 5.73 Å². The van der Waals surface area contributed by atoms with Crippen molar-refractivity contribution in [3.8, 4) is 0 Å². The number of benzene rings is 1. The quantitative estimate of drug-likeness (QED) is 0.909. The number of thioether (sulfide) groups is 1. The third-order valence-electron chi connectivity index (χ3n) is 2.91. The number of hydrogen-bond acceptors (Lipinski definition) is 2. The van der Waals surface area contributed by atoms with Crippen molar-refractivity contribution in [2.24, 2.45) is 5.73 Å². The van der Waals surface area contributed by atoms with Crippen molar-refractivity contribution < 1.29 is 0 Å². The fraction of sp³-hybridized carbons (Fsp3) is 0.500. The Kier molecular flexibility index (Phi) is 4.42. The zero-order chi connectivity index (χ0) is 11.5. The molecule has 2 unspecified atom stereocenters. The minimum atomic E-state index is 0.184. The second-order valence-corrected chi connectivity index (χ2v) is 6.35. The van der Waals surface area contributed by atoms with E-state index in [9.17, 15) is 0 Å². The number of rotatable bonds is 3. The van der Waals surface area contributed by atoms with Crippen molar-refractivity contribution in [1.82, 2.24) is 0 Å². The molecule has 0 amide bonds. The van der Waals surface area contributed by atoms with Crippen molar-refractivity contribution in [2.45, 2.75) is 30.6 Å².